The molecule has 2 N–H and O–H groups in total. The molecule has 0 unspecified atom stereocenters. The average Bonchev–Trinajstić information content (AvgIpc) is 2.59. The van der Waals surface area contributed by atoms with Crippen LogP contribution in [0.2, 0.25) is 0 Å². The van der Waals surface area contributed by atoms with E-state index in [-0.39, 0.29) is 0 Å². The second-order valence-electron chi connectivity index (χ2n) is 6.37. The van der Waals surface area contributed by atoms with Crippen LogP contribution in [0.25, 0.3) is 0 Å². The number of ether oxygens (including phenoxy) is 1. The van der Waals surface area contributed by atoms with Crippen LogP contribution >= 0.6 is 12.2 Å². The van der Waals surface area contributed by atoms with Crippen molar-refractivity contribution in [2.75, 3.05) is 18.6 Å². The predicted molar refractivity (Wildman–Crippen MR) is 109 cm³/mol. The van der Waals surface area contributed by atoms with Crippen molar-refractivity contribution in [1.29, 1.82) is 0 Å². The first-order chi connectivity index (χ1) is 11.7. The van der Waals surface area contributed by atoms with E-state index in [4.69, 9.17) is 22.7 Å². The molecule has 0 atom stereocenters. The van der Waals surface area contributed by atoms with Gasteiger partial charge in [0.1, 0.15) is 5.75 Å². The van der Waals surface area contributed by atoms with E-state index in [0.29, 0.717) is 5.11 Å². The lowest BCUT2D eigenvalue weighted by atomic mass is 10.1. The lowest BCUT2D eigenvalue weighted by molar-refractivity contribution is 0.415. The summed E-state index contributed by atoms with van der Waals surface area (Å²) in [6.07, 6.45) is 13.3. The molecule has 0 saturated heterocycles. The van der Waals surface area contributed by atoms with Gasteiger partial charge in [-0.25, -0.2) is 0 Å². The number of rotatable bonds is 13. The highest BCUT2D eigenvalue weighted by molar-refractivity contribution is 7.80. The summed E-state index contributed by atoms with van der Waals surface area (Å²) in [6.45, 7) is 3.15. The Morgan fingerprint density at radius 1 is 0.917 bits per heavy atom. The average molecular weight is 351 g/mol. The molecule has 0 radical (unpaired) electrons. The molecule has 0 aliphatic heterocycles. The second-order valence-corrected chi connectivity index (χ2v) is 6.79. The first kappa shape index (κ1) is 20.8. The smallest absolute Gasteiger partial charge is 0.170 e. The van der Waals surface area contributed by atoms with Gasteiger partial charge in [-0.2, -0.15) is 0 Å². The fourth-order valence-electron chi connectivity index (χ4n) is 2.89. The maximum atomic E-state index is 5.89. The summed E-state index contributed by atoms with van der Waals surface area (Å²) in [5, 5.41) is 0.441. The highest BCUT2D eigenvalue weighted by atomic mass is 32.1. The third-order valence-corrected chi connectivity index (χ3v) is 4.61. The van der Waals surface area contributed by atoms with Crippen LogP contribution in [-0.4, -0.2) is 18.8 Å². The van der Waals surface area contributed by atoms with Crippen molar-refractivity contribution in [3.05, 3.63) is 24.3 Å². The lowest BCUT2D eigenvalue weighted by Crippen LogP contribution is -2.36. The number of methoxy groups -OCH3 is 1. The number of anilines is 1. The summed E-state index contributed by atoms with van der Waals surface area (Å²) < 4.78 is 5.19. The SMILES string of the molecule is CCCCCCCCCCCCN(C(N)=S)c1ccc(OC)cc1. The van der Waals surface area contributed by atoms with Gasteiger partial charge < -0.3 is 15.4 Å². The van der Waals surface area contributed by atoms with E-state index in [2.05, 4.69) is 6.92 Å². The van der Waals surface area contributed by atoms with Crippen LogP contribution in [0.3, 0.4) is 0 Å². The molecule has 0 bridgehead atoms. The zero-order valence-corrected chi connectivity index (χ0v) is 16.2. The Balaban J connectivity index is 2.19. The number of hydrogen-bond donors (Lipinski definition) is 1. The van der Waals surface area contributed by atoms with E-state index in [1.807, 2.05) is 29.2 Å². The van der Waals surface area contributed by atoms with Gasteiger partial charge in [0.2, 0.25) is 0 Å². The van der Waals surface area contributed by atoms with E-state index >= 15 is 0 Å². The van der Waals surface area contributed by atoms with Gasteiger partial charge in [-0.3, -0.25) is 0 Å². The molecule has 0 aliphatic rings. The number of unbranched alkanes of at least 4 members (excludes halogenated alkanes) is 9. The minimum atomic E-state index is 0.441. The second kappa shape index (κ2) is 13.1. The van der Waals surface area contributed by atoms with Gasteiger partial charge in [-0.15, -0.1) is 0 Å². The molecule has 0 fully saturated rings. The maximum Gasteiger partial charge on any atom is 0.170 e. The zero-order valence-electron chi connectivity index (χ0n) is 15.4. The van der Waals surface area contributed by atoms with Gasteiger partial charge in [0.05, 0.1) is 7.11 Å². The molecule has 3 nitrogen and oxygen atoms in total. The normalized spacial score (nSPS) is 10.6. The lowest BCUT2D eigenvalue weighted by Gasteiger charge is -2.23. The van der Waals surface area contributed by atoms with E-state index in [9.17, 15) is 0 Å². The molecular weight excluding hydrogens is 316 g/mol. The molecule has 1 aromatic rings. The Hall–Kier alpha value is -1.29. The van der Waals surface area contributed by atoms with Gasteiger partial charge in [-0.1, -0.05) is 64.7 Å². The fourth-order valence-corrected chi connectivity index (χ4v) is 3.08. The van der Waals surface area contributed by atoms with Crippen molar-refractivity contribution < 1.29 is 4.74 Å². The van der Waals surface area contributed by atoms with E-state index in [1.165, 1.54) is 57.8 Å². The monoisotopic (exact) mass is 350 g/mol. The number of nitrogens with zero attached hydrogens (tertiary/aromatic N) is 1. The highest BCUT2D eigenvalue weighted by Gasteiger charge is 2.09. The number of benzene rings is 1. The standard InChI is InChI=1S/C20H34N2OS/c1-3-4-5-6-7-8-9-10-11-12-17-22(20(21)24)18-13-15-19(23-2)16-14-18/h13-16H,3-12,17H2,1-2H3,(H2,21,24). The molecule has 136 valence electrons. The molecule has 4 heteroatoms. The van der Waals surface area contributed by atoms with Crippen molar-refractivity contribution in [1.82, 2.24) is 0 Å². The van der Waals surface area contributed by atoms with Crippen LogP contribution in [0.4, 0.5) is 5.69 Å². The number of nitrogens with two attached hydrogens (primary N) is 1. The summed E-state index contributed by atoms with van der Waals surface area (Å²) in [7, 11) is 1.67. The molecular formula is C20H34N2OS. The van der Waals surface area contributed by atoms with Crippen LogP contribution in [0, 0.1) is 0 Å². The van der Waals surface area contributed by atoms with Crippen molar-refractivity contribution in [2.45, 2.75) is 71.1 Å². The van der Waals surface area contributed by atoms with E-state index < -0.39 is 0 Å². The molecule has 0 aromatic heterocycles. The van der Waals surface area contributed by atoms with Crippen molar-refractivity contribution >= 4 is 23.0 Å². The predicted octanol–water partition coefficient (Wildman–Crippen LogP) is 5.67. The van der Waals surface area contributed by atoms with Crippen molar-refractivity contribution in [2.24, 2.45) is 5.73 Å². The van der Waals surface area contributed by atoms with Crippen molar-refractivity contribution in [3.8, 4) is 5.75 Å². The Kier molecular flexibility index (Phi) is 11.3. The molecule has 1 aromatic carbocycles. The molecule has 1 rings (SSSR count). The largest absolute Gasteiger partial charge is 0.497 e. The van der Waals surface area contributed by atoms with Gasteiger partial charge in [0.15, 0.2) is 5.11 Å². The Morgan fingerprint density at radius 2 is 1.42 bits per heavy atom. The summed E-state index contributed by atoms with van der Waals surface area (Å²) >= 11 is 5.20. The first-order valence-corrected chi connectivity index (χ1v) is 9.81. The van der Waals surface area contributed by atoms with Gasteiger partial charge in [0.25, 0.3) is 0 Å². The van der Waals surface area contributed by atoms with Crippen molar-refractivity contribution in [3.63, 3.8) is 0 Å². The quantitative estimate of drug-likeness (QED) is 0.368. The fraction of sp³-hybridized carbons (Fsp3) is 0.650. The highest BCUT2D eigenvalue weighted by Crippen LogP contribution is 2.20. The van der Waals surface area contributed by atoms with Crippen LogP contribution in [0.1, 0.15) is 71.1 Å². The molecule has 0 heterocycles. The molecule has 0 aliphatic carbocycles. The van der Waals surface area contributed by atoms with Gasteiger partial charge in [-0.05, 0) is 42.9 Å². The summed E-state index contributed by atoms with van der Waals surface area (Å²) in [5.41, 5.74) is 6.93. The third kappa shape index (κ3) is 8.53. The van der Waals surface area contributed by atoms with Crippen LogP contribution in [-0.2, 0) is 0 Å². The van der Waals surface area contributed by atoms with Crippen LogP contribution < -0.4 is 15.4 Å². The maximum absolute atomic E-state index is 5.89. The van der Waals surface area contributed by atoms with E-state index in [1.54, 1.807) is 7.11 Å². The van der Waals surface area contributed by atoms with Gasteiger partial charge >= 0.3 is 0 Å². The minimum Gasteiger partial charge on any atom is -0.497 e. The minimum absolute atomic E-state index is 0.441. The summed E-state index contributed by atoms with van der Waals surface area (Å²) in [4.78, 5) is 2.01. The molecule has 24 heavy (non-hydrogen) atoms. The number of thiocarbonyl (C=S) groups is 1. The number of hydrogen-bond acceptors (Lipinski definition) is 2. The Labute approximate surface area is 153 Å². The molecule has 0 spiro atoms. The first-order valence-electron chi connectivity index (χ1n) is 9.40. The van der Waals surface area contributed by atoms with E-state index in [0.717, 1.165) is 24.4 Å². The molecule has 0 amide bonds. The zero-order chi connectivity index (χ0) is 17.6. The Morgan fingerprint density at radius 3 is 1.88 bits per heavy atom. The van der Waals surface area contributed by atoms with Crippen LogP contribution in [0.5, 0.6) is 5.75 Å². The topological polar surface area (TPSA) is 38.5 Å². The summed E-state index contributed by atoms with van der Waals surface area (Å²) in [5.74, 6) is 0.848. The molecule has 0 saturated carbocycles. The third-order valence-electron chi connectivity index (χ3n) is 4.39. The van der Waals surface area contributed by atoms with Gasteiger partial charge in [0, 0.05) is 12.2 Å². The summed E-state index contributed by atoms with van der Waals surface area (Å²) in [6, 6.07) is 7.90. The van der Waals surface area contributed by atoms with Crippen LogP contribution in [0.15, 0.2) is 24.3 Å². The Bertz CT molecular complexity index is 447.